The molecule has 0 aromatic heterocycles. The topological polar surface area (TPSA) is 66.8 Å². The summed E-state index contributed by atoms with van der Waals surface area (Å²) in [4.78, 5) is 25.7. The van der Waals surface area contributed by atoms with E-state index < -0.39 is 23.7 Å². The zero-order chi connectivity index (χ0) is 16.4. The van der Waals surface area contributed by atoms with Crippen molar-refractivity contribution in [2.75, 3.05) is 5.88 Å². The van der Waals surface area contributed by atoms with Crippen LogP contribution in [-0.2, 0) is 9.53 Å². The van der Waals surface area contributed by atoms with Gasteiger partial charge in [0.25, 0.3) is 0 Å². The average Bonchev–Trinajstić information content (AvgIpc) is 2.72. The van der Waals surface area contributed by atoms with Crippen LogP contribution in [0.5, 0.6) is 0 Å². The van der Waals surface area contributed by atoms with Crippen LogP contribution in [0.3, 0.4) is 0 Å². The second-order valence-electron chi connectivity index (χ2n) is 7.30. The summed E-state index contributed by atoms with van der Waals surface area (Å²) in [6.45, 7) is 5.40. The standard InChI is InChI=1S/C16H27NO4S/c1-15(2,3)21-14(20)17-11-22-16(12(17)13(18)19)9-7-5-4-6-8-10-16/h12H,4-11H2,1-3H3,(H,18,19)/t12-/m0/s1. The van der Waals surface area contributed by atoms with Gasteiger partial charge in [0.05, 0.1) is 5.88 Å². The van der Waals surface area contributed by atoms with Gasteiger partial charge in [-0.1, -0.05) is 32.1 Å². The van der Waals surface area contributed by atoms with Gasteiger partial charge in [-0.25, -0.2) is 9.59 Å². The average molecular weight is 329 g/mol. The quantitative estimate of drug-likeness (QED) is 0.791. The van der Waals surface area contributed by atoms with Crippen LogP contribution in [0.4, 0.5) is 4.79 Å². The molecule has 5 nitrogen and oxygen atoms in total. The summed E-state index contributed by atoms with van der Waals surface area (Å²) in [7, 11) is 0. The summed E-state index contributed by atoms with van der Waals surface area (Å²) < 4.78 is 5.06. The third-order valence-electron chi connectivity index (χ3n) is 4.36. The van der Waals surface area contributed by atoms with E-state index in [0.29, 0.717) is 5.88 Å². The van der Waals surface area contributed by atoms with Gasteiger partial charge in [0.1, 0.15) is 11.6 Å². The highest BCUT2D eigenvalue weighted by molar-refractivity contribution is 8.01. The van der Waals surface area contributed by atoms with Crippen molar-refractivity contribution in [2.45, 2.75) is 82.1 Å². The maximum Gasteiger partial charge on any atom is 0.411 e. The van der Waals surface area contributed by atoms with Gasteiger partial charge >= 0.3 is 12.1 Å². The Hall–Kier alpha value is -0.910. The van der Waals surface area contributed by atoms with Crippen molar-refractivity contribution in [3.63, 3.8) is 0 Å². The Morgan fingerprint density at radius 3 is 2.18 bits per heavy atom. The minimum absolute atomic E-state index is 0.344. The third kappa shape index (κ3) is 3.89. The molecule has 126 valence electrons. The van der Waals surface area contributed by atoms with Crippen molar-refractivity contribution in [1.82, 2.24) is 4.90 Å². The molecule has 1 aliphatic heterocycles. The molecule has 2 rings (SSSR count). The van der Waals surface area contributed by atoms with Gasteiger partial charge in [0.15, 0.2) is 0 Å². The van der Waals surface area contributed by atoms with E-state index >= 15 is 0 Å². The minimum Gasteiger partial charge on any atom is -0.480 e. The highest BCUT2D eigenvalue weighted by Gasteiger charge is 2.54. The Kier molecular flexibility index (Phi) is 5.30. The van der Waals surface area contributed by atoms with Gasteiger partial charge in [-0.3, -0.25) is 4.90 Å². The van der Waals surface area contributed by atoms with Gasteiger partial charge in [0.2, 0.25) is 0 Å². The Bertz CT molecular complexity index is 424. The van der Waals surface area contributed by atoms with E-state index in [9.17, 15) is 14.7 Å². The Morgan fingerprint density at radius 1 is 1.14 bits per heavy atom. The lowest BCUT2D eigenvalue weighted by molar-refractivity contribution is -0.143. The minimum atomic E-state index is -0.906. The van der Waals surface area contributed by atoms with Crippen LogP contribution in [0.15, 0.2) is 0 Å². The fraction of sp³-hybridized carbons (Fsp3) is 0.875. The number of carbonyl (C=O) groups is 2. The smallest absolute Gasteiger partial charge is 0.411 e. The zero-order valence-corrected chi connectivity index (χ0v) is 14.6. The molecular formula is C16H27NO4S. The third-order valence-corrected chi connectivity index (χ3v) is 5.98. The second-order valence-corrected chi connectivity index (χ2v) is 8.66. The Morgan fingerprint density at radius 2 is 1.68 bits per heavy atom. The number of carbonyl (C=O) groups excluding carboxylic acids is 1. The van der Waals surface area contributed by atoms with Crippen LogP contribution in [-0.4, -0.2) is 44.3 Å². The summed E-state index contributed by atoms with van der Waals surface area (Å²) in [5.41, 5.74) is -0.610. The molecule has 1 spiro atoms. The summed E-state index contributed by atoms with van der Waals surface area (Å²) in [5, 5.41) is 9.75. The lowest BCUT2D eigenvalue weighted by Gasteiger charge is -2.36. The molecule has 2 aliphatic rings. The number of aliphatic carboxylic acids is 1. The predicted octanol–water partition coefficient (Wildman–Crippen LogP) is 3.86. The molecule has 0 radical (unpaired) electrons. The maximum atomic E-state index is 12.4. The van der Waals surface area contributed by atoms with E-state index in [2.05, 4.69) is 0 Å². The van der Waals surface area contributed by atoms with Crippen LogP contribution in [0.25, 0.3) is 0 Å². The van der Waals surface area contributed by atoms with Crippen molar-refractivity contribution >= 4 is 23.8 Å². The van der Waals surface area contributed by atoms with Crippen molar-refractivity contribution in [3.8, 4) is 0 Å². The number of ether oxygens (including phenoxy) is 1. The Balaban J connectivity index is 2.19. The maximum absolute atomic E-state index is 12.4. The van der Waals surface area contributed by atoms with E-state index in [-0.39, 0.29) is 4.75 Å². The number of hydrogen-bond acceptors (Lipinski definition) is 4. The van der Waals surface area contributed by atoms with E-state index in [4.69, 9.17) is 4.74 Å². The molecule has 1 amide bonds. The molecule has 1 saturated heterocycles. The highest BCUT2D eigenvalue weighted by atomic mass is 32.2. The fourth-order valence-electron chi connectivity index (χ4n) is 3.39. The van der Waals surface area contributed by atoms with Crippen LogP contribution >= 0.6 is 11.8 Å². The van der Waals surface area contributed by atoms with Gasteiger partial charge in [-0.05, 0) is 33.6 Å². The second kappa shape index (κ2) is 6.69. The Labute approximate surface area is 136 Å². The molecule has 1 heterocycles. The molecule has 0 aromatic carbocycles. The molecule has 1 atom stereocenters. The molecular weight excluding hydrogens is 302 g/mol. The first-order chi connectivity index (χ1) is 10.3. The van der Waals surface area contributed by atoms with Gasteiger partial charge < -0.3 is 9.84 Å². The van der Waals surface area contributed by atoms with Crippen molar-refractivity contribution < 1.29 is 19.4 Å². The van der Waals surface area contributed by atoms with Crippen LogP contribution in [0, 0.1) is 0 Å². The summed E-state index contributed by atoms with van der Waals surface area (Å²) >= 11 is 1.63. The lowest BCUT2D eigenvalue weighted by atomic mass is 9.84. The first-order valence-electron chi connectivity index (χ1n) is 8.12. The molecule has 6 heteroatoms. The van der Waals surface area contributed by atoms with Crippen LogP contribution in [0.1, 0.15) is 65.7 Å². The number of carboxylic acid groups (broad SMARTS) is 1. The summed E-state index contributed by atoms with van der Waals surface area (Å²) in [5.74, 6) is -0.497. The largest absolute Gasteiger partial charge is 0.480 e. The molecule has 1 saturated carbocycles. The molecule has 1 N–H and O–H groups in total. The van der Waals surface area contributed by atoms with E-state index in [1.54, 1.807) is 32.5 Å². The van der Waals surface area contributed by atoms with Gasteiger partial charge in [-0.2, -0.15) is 0 Å². The monoisotopic (exact) mass is 329 g/mol. The van der Waals surface area contributed by atoms with Crippen molar-refractivity contribution in [3.05, 3.63) is 0 Å². The molecule has 1 aliphatic carbocycles. The van der Waals surface area contributed by atoms with Crippen LogP contribution in [0.2, 0.25) is 0 Å². The van der Waals surface area contributed by atoms with E-state index in [1.165, 1.54) is 11.3 Å². The summed E-state index contributed by atoms with van der Waals surface area (Å²) in [6, 6.07) is -0.773. The lowest BCUT2D eigenvalue weighted by Crippen LogP contribution is -2.52. The van der Waals surface area contributed by atoms with Crippen molar-refractivity contribution in [1.29, 1.82) is 0 Å². The van der Waals surface area contributed by atoms with Gasteiger partial charge in [-0.15, -0.1) is 11.8 Å². The number of nitrogens with zero attached hydrogens (tertiary/aromatic N) is 1. The predicted molar refractivity (Wildman–Crippen MR) is 87.0 cm³/mol. The zero-order valence-electron chi connectivity index (χ0n) is 13.8. The van der Waals surface area contributed by atoms with Gasteiger partial charge in [0, 0.05) is 4.75 Å². The first kappa shape index (κ1) is 17.4. The molecule has 2 fully saturated rings. The number of carboxylic acids is 1. The van der Waals surface area contributed by atoms with Crippen molar-refractivity contribution in [2.24, 2.45) is 0 Å². The normalized spacial score (nSPS) is 25.6. The highest BCUT2D eigenvalue weighted by Crippen LogP contribution is 2.48. The summed E-state index contributed by atoms with van der Waals surface area (Å²) in [6.07, 6.45) is 6.85. The van der Waals surface area contributed by atoms with Crippen LogP contribution < -0.4 is 0 Å². The number of amides is 1. The molecule has 0 unspecified atom stereocenters. The first-order valence-corrected chi connectivity index (χ1v) is 9.10. The SMILES string of the molecule is CC(C)(C)OC(=O)N1CSC2(CCCCCCC2)[C@@H]1C(=O)O. The van der Waals surface area contributed by atoms with E-state index in [0.717, 1.165) is 38.5 Å². The van der Waals surface area contributed by atoms with E-state index in [1.807, 2.05) is 0 Å². The molecule has 0 bridgehead atoms. The number of rotatable bonds is 1. The number of hydrogen-bond donors (Lipinski definition) is 1. The fourth-order valence-corrected chi connectivity index (χ4v) is 5.01. The number of thioether (sulfide) groups is 1. The molecule has 22 heavy (non-hydrogen) atoms. The molecule has 0 aromatic rings.